The Morgan fingerprint density at radius 2 is 2.05 bits per heavy atom. The van der Waals surface area contributed by atoms with Gasteiger partial charge in [0, 0.05) is 19.1 Å². The highest BCUT2D eigenvalue weighted by Crippen LogP contribution is 2.27. The number of piperidine rings is 1. The summed E-state index contributed by atoms with van der Waals surface area (Å²) in [6, 6.07) is 5.97. The Morgan fingerprint density at radius 1 is 1.33 bits per heavy atom. The number of sulfonamides is 1. The van der Waals surface area contributed by atoms with Gasteiger partial charge in [0.1, 0.15) is 0 Å². The Labute approximate surface area is 128 Å². The van der Waals surface area contributed by atoms with Crippen LogP contribution in [0.15, 0.2) is 23.1 Å². The van der Waals surface area contributed by atoms with Crippen LogP contribution in [0.5, 0.6) is 0 Å². The second-order valence-corrected chi connectivity index (χ2v) is 8.02. The van der Waals surface area contributed by atoms with Crippen LogP contribution in [0.1, 0.15) is 30.9 Å². The standard InChI is InChI=1S/C16H26N2O2S/c1-12-7-8-13(2)16(10-12)21(19,20)18-9-5-6-15(11-18)14(3)17-4/h7-8,10,14-15,17H,5-6,9,11H2,1-4H3. The maximum atomic E-state index is 12.9. The normalized spacial score (nSPS) is 22.2. The minimum Gasteiger partial charge on any atom is -0.317 e. The lowest BCUT2D eigenvalue weighted by Crippen LogP contribution is -2.45. The maximum absolute atomic E-state index is 12.9. The Morgan fingerprint density at radius 3 is 2.71 bits per heavy atom. The molecule has 0 amide bonds. The lowest BCUT2D eigenvalue weighted by molar-refractivity contribution is 0.229. The SMILES string of the molecule is CNC(C)C1CCCN(S(=O)(=O)c2cc(C)ccc2C)C1. The van der Waals surface area contributed by atoms with Crippen LogP contribution in [-0.2, 0) is 10.0 Å². The molecule has 1 saturated heterocycles. The van der Waals surface area contributed by atoms with Crippen molar-refractivity contribution in [2.45, 2.75) is 44.6 Å². The molecule has 1 N–H and O–H groups in total. The van der Waals surface area contributed by atoms with Crippen molar-refractivity contribution in [1.29, 1.82) is 0 Å². The third kappa shape index (κ3) is 3.47. The van der Waals surface area contributed by atoms with E-state index in [9.17, 15) is 8.42 Å². The van der Waals surface area contributed by atoms with Crippen molar-refractivity contribution >= 4 is 10.0 Å². The Hall–Kier alpha value is -0.910. The number of rotatable bonds is 4. The van der Waals surface area contributed by atoms with Gasteiger partial charge in [-0.05, 0) is 63.8 Å². The fraction of sp³-hybridized carbons (Fsp3) is 0.625. The molecule has 0 spiro atoms. The zero-order valence-corrected chi connectivity index (χ0v) is 14.2. The molecule has 2 unspecified atom stereocenters. The molecule has 1 heterocycles. The second kappa shape index (κ2) is 6.46. The Kier molecular flexibility index (Phi) is 5.07. The summed E-state index contributed by atoms with van der Waals surface area (Å²) >= 11 is 0. The number of benzene rings is 1. The number of hydrogen-bond acceptors (Lipinski definition) is 3. The smallest absolute Gasteiger partial charge is 0.243 e. The first-order chi connectivity index (χ1) is 9.86. The quantitative estimate of drug-likeness (QED) is 0.928. The average molecular weight is 310 g/mol. The lowest BCUT2D eigenvalue weighted by atomic mass is 9.93. The molecular weight excluding hydrogens is 284 g/mol. The minimum atomic E-state index is -3.38. The number of hydrogen-bond donors (Lipinski definition) is 1. The van der Waals surface area contributed by atoms with E-state index in [1.165, 1.54) is 0 Å². The number of aryl methyl sites for hydroxylation is 2. The third-order valence-corrected chi connectivity index (χ3v) is 6.55. The van der Waals surface area contributed by atoms with E-state index >= 15 is 0 Å². The van der Waals surface area contributed by atoms with Crippen molar-refractivity contribution in [2.75, 3.05) is 20.1 Å². The van der Waals surface area contributed by atoms with Crippen LogP contribution in [0.25, 0.3) is 0 Å². The monoisotopic (exact) mass is 310 g/mol. The van der Waals surface area contributed by atoms with Gasteiger partial charge in [-0.1, -0.05) is 12.1 Å². The van der Waals surface area contributed by atoms with E-state index in [-0.39, 0.29) is 0 Å². The van der Waals surface area contributed by atoms with E-state index in [2.05, 4.69) is 12.2 Å². The van der Waals surface area contributed by atoms with E-state index in [0.717, 1.165) is 24.0 Å². The van der Waals surface area contributed by atoms with Crippen LogP contribution < -0.4 is 5.32 Å². The summed E-state index contributed by atoms with van der Waals surface area (Å²) in [5.74, 6) is 0.378. The van der Waals surface area contributed by atoms with Gasteiger partial charge in [-0.2, -0.15) is 4.31 Å². The second-order valence-electron chi connectivity index (χ2n) is 6.11. The van der Waals surface area contributed by atoms with Gasteiger partial charge in [-0.25, -0.2) is 8.42 Å². The average Bonchev–Trinajstić information content (AvgIpc) is 2.49. The number of nitrogens with zero attached hydrogens (tertiary/aromatic N) is 1. The van der Waals surface area contributed by atoms with Crippen molar-refractivity contribution in [1.82, 2.24) is 9.62 Å². The zero-order chi connectivity index (χ0) is 15.6. The van der Waals surface area contributed by atoms with Gasteiger partial charge in [0.25, 0.3) is 0 Å². The van der Waals surface area contributed by atoms with Crippen LogP contribution in [0.4, 0.5) is 0 Å². The summed E-state index contributed by atoms with van der Waals surface area (Å²) < 4.78 is 27.5. The first kappa shape index (κ1) is 16.5. The first-order valence-corrected chi connectivity index (χ1v) is 9.05. The van der Waals surface area contributed by atoms with E-state index in [1.54, 1.807) is 10.4 Å². The highest BCUT2D eigenvalue weighted by molar-refractivity contribution is 7.89. The van der Waals surface area contributed by atoms with E-state index in [0.29, 0.717) is 29.9 Å². The molecule has 118 valence electrons. The van der Waals surface area contributed by atoms with Crippen LogP contribution >= 0.6 is 0 Å². The zero-order valence-electron chi connectivity index (χ0n) is 13.4. The van der Waals surface area contributed by atoms with Gasteiger partial charge in [0.2, 0.25) is 10.0 Å². The molecule has 2 rings (SSSR count). The molecule has 1 fully saturated rings. The fourth-order valence-corrected chi connectivity index (χ4v) is 4.81. The first-order valence-electron chi connectivity index (χ1n) is 7.61. The fourth-order valence-electron chi connectivity index (χ4n) is 2.96. The molecule has 1 aromatic carbocycles. The van der Waals surface area contributed by atoms with Crippen molar-refractivity contribution in [3.05, 3.63) is 29.3 Å². The molecule has 21 heavy (non-hydrogen) atoms. The molecule has 0 saturated carbocycles. The third-order valence-electron chi connectivity index (χ3n) is 4.54. The predicted molar refractivity (Wildman–Crippen MR) is 85.9 cm³/mol. The maximum Gasteiger partial charge on any atom is 0.243 e. The predicted octanol–water partition coefficient (Wildman–Crippen LogP) is 2.31. The number of nitrogens with one attached hydrogen (secondary N) is 1. The van der Waals surface area contributed by atoms with Crippen molar-refractivity contribution < 1.29 is 8.42 Å². The topological polar surface area (TPSA) is 49.4 Å². The molecule has 1 aliphatic rings. The van der Waals surface area contributed by atoms with Crippen LogP contribution in [0.3, 0.4) is 0 Å². The molecule has 0 bridgehead atoms. The van der Waals surface area contributed by atoms with Crippen molar-refractivity contribution in [2.24, 2.45) is 5.92 Å². The van der Waals surface area contributed by atoms with Crippen LogP contribution in [-0.4, -0.2) is 38.9 Å². The van der Waals surface area contributed by atoms with Gasteiger partial charge in [0.15, 0.2) is 0 Å². The molecule has 2 atom stereocenters. The van der Waals surface area contributed by atoms with Crippen LogP contribution in [0, 0.1) is 19.8 Å². The summed E-state index contributed by atoms with van der Waals surface area (Å²) in [5, 5.41) is 3.25. The van der Waals surface area contributed by atoms with Crippen molar-refractivity contribution in [3.63, 3.8) is 0 Å². The Balaban J connectivity index is 2.29. The van der Waals surface area contributed by atoms with E-state index < -0.39 is 10.0 Å². The highest BCUT2D eigenvalue weighted by Gasteiger charge is 2.32. The molecular formula is C16H26N2O2S. The van der Waals surface area contributed by atoms with Crippen LogP contribution in [0.2, 0.25) is 0 Å². The lowest BCUT2D eigenvalue weighted by Gasteiger charge is -2.35. The van der Waals surface area contributed by atoms with Gasteiger partial charge in [0.05, 0.1) is 4.90 Å². The van der Waals surface area contributed by atoms with E-state index in [1.807, 2.05) is 33.0 Å². The van der Waals surface area contributed by atoms with Gasteiger partial charge in [-0.3, -0.25) is 0 Å². The van der Waals surface area contributed by atoms with E-state index in [4.69, 9.17) is 0 Å². The Bertz CT molecular complexity index is 598. The molecule has 4 nitrogen and oxygen atoms in total. The summed E-state index contributed by atoms with van der Waals surface area (Å²) in [6.45, 7) is 7.16. The highest BCUT2D eigenvalue weighted by atomic mass is 32.2. The molecule has 1 aliphatic heterocycles. The summed E-state index contributed by atoms with van der Waals surface area (Å²) in [4.78, 5) is 0.459. The molecule has 0 radical (unpaired) electrons. The van der Waals surface area contributed by atoms with Gasteiger partial charge >= 0.3 is 0 Å². The molecule has 5 heteroatoms. The minimum absolute atomic E-state index is 0.335. The largest absolute Gasteiger partial charge is 0.317 e. The summed E-state index contributed by atoms with van der Waals surface area (Å²) in [6.07, 6.45) is 2.02. The van der Waals surface area contributed by atoms with Gasteiger partial charge < -0.3 is 5.32 Å². The molecule has 1 aromatic rings. The molecule has 0 aromatic heterocycles. The van der Waals surface area contributed by atoms with Crippen molar-refractivity contribution in [3.8, 4) is 0 Å². The van der Waals surface area contributed by atoms with Gasteiger partial charge in [-0.15, -0.1) is 0 Å². The molecule has 0 aliphatic carbocycles. The summed E-state index contributed by atoms with van der Waals surface area (Å²) in [7, 11) is -1.45. The summed E-state index contributed by atoms with van der Waals surface area (Å²) in [5.41, 5.74) is 1.81.